The van der Waals surface area contributed by atoms with Crippen molar-refractivity contribution in [3.8, 4) is 5.82 Å². The first-order chi connectivity index (χ1) is 12.1. The zero-order valence-corrected chi connectivity index (χ0v) is 15.2. The summed E-state index contributed by atoms with van der Waals surface area (Å²) in [7, 11) is 0. The van der Waals surface area contributed by atoms with Crippen molar-refractivity contribution in [3.63, 3.8) is 0 Å². The highest BCUT2D eigenvalue weighted by Crippen LogP contribution is 2.19. The predicted molar refractivity (Wildman–Crippen MR) is 96.9 cm³/mol. The van der Waals surface area contributed by atoms with Crippen LogP contribution in [0.15, 0.2) is 18.5 Å². The van der Waals surface area contributed by atoms with E-state index in [9.17, 15) is 4.79 Å². The van der Waals surface area contributed by atoms with Crippen molar-refractivity contribution < 1.29 is 4.79 Å². The molecule has 1 aliphatic heterocycles. The van der Waals surface area contributed by atoms with Gasteiger partial charge in [-0.1, -0.05) is 6.92 Å². The standard InChI is InChI=1S/C18H26N6O/c1-4-6-18(25)20-15-7-5-8-23(12-15)16-10-19-11-17(21-16)24-14(3)9-13(2)22-24/h9-11,15H,4-8,12H2,1-3H3,(H,20,25). The van der Waals surface area contributed by atoms with E-state index in [-0.39, 0.29) is 11.9 Å². The van der Waals surface area contributed by atoms with Crippen molar-refractivity contribution in [1.29, 1.82) is 0 Å². The molecule has 1 N–H and O–H groups in total. The van der Waals surface area contributed by atoms with Gasteiger partial charge in [-0.05, 0) is 39.2 Å². The number of amides is 1. The summed E-state index contributed by atoms with van der Waals surface area (Å²) in [6, 6.07) is 2.20. The van der Waals surface area contributed by atoms with Crippen LogP contribution in [0.1, 0.15) is 44.0 Å². The lowest BCUT2D eigenvalue weighted by Crippen LogP contribution is -2.48. The van der Waals surface area contributed by atoms with Gasteiger partial charge in [-0.3, -0.25) is 9.78 Å². The zero-order chi connectivity index (χ0) is 17.8. The maximum atomic E-state index is 11.9. The number of aryl methyl sites for hydroxylation is 2. The van der Waals surface area contributed by atoms with E-state index in [1.165, 1.54) is 0 Å². The van der Waals surface area contributed by atoms with Gasteiger partial charge in [0.25, 0.3) is 0 Å². The molecule has 0 bridgehead atoms. The van der Waals surface area contributed by atoms with E-state index < -0.39 is 0 Å². The summed E-state index contributed by atoms with van der Waals surface area (Å²) in [5, 5.41) is 7.61. The lowest BCUT2D eigenvalue weighted by Gasteiger charge is -2.33. The maximum absolute atomic E-state index is 11.9. The van der Waals surface area contributed by atoms with E-state index in [1.54, 1.807) is 12.4 Å². The van der Waals surface area contributed by atoms with E-state index in [0.29, 0.717) is 6.42 Å². The van der Waals surface area contributed by atoms with E-state index in [4.69, 9.17) is 4.98 Å². The minimum absolute atomic E-state index is 0.136. The molecule has 0 aromatic carbocycles. The van der Waals surface area contributed by atoms with Gasteiger partial charge < -0.3 is 10.2 Å². The Morgan fingerprint density at radius 3 is 2.84 bits per heavy atom. The van der Waals surface area contributed by atoms with E-state index in [2.05, 4.69) is 20.3 Å². The fourth-order valence-electron chi connectivity index (χ4n) is 3.29. The minimum Gasteiger partial charge on any atom is -0.353 e. The molecule has 0 spiro atoms. The molecular weight excluding hydrogens is 316 g/mol. The zero-order valence-electron chi connectivity index (χ0n) is 15.2. The number of nitrogens with one attached hydrogen (secondary N) is 1. The van der Waals surface area contributed by atoms with Crippen molar-refractivity contribution in [1.82, 2.24) is 25.1 Å². The predicted octanol–water partition coefficient (Wildman–Crippen LogP) is 2.16. The summed E-state index contributed by atoms with van der Waals surface area (Å²) in [5.74, 6) is 1.69. The molecule has 7 heteroatoms. The second-order valence-corrected chi connectivity index (χ2v) is 6.68. The van der Waals surface area contributed by atoms with Crippen LogP contribution in [-0.4, -0.2) is 44.8 Å². The lowest BCUT2D eigenvalue weighted by molar-refractivity contribution is -0.121. The third kappa shape index (κ3) is 4.15. The van der Waals surface area contributed by atoms with Crippen LogP contribution < -0.4 is 10.2 Å². The highest BCUT2D eigenvalue weighted by Gasteiger charge is 2.22. The van der Waals surface area contributed by atoms with Crippen LogP contribution >= 0.6 is 0 Å². The first-order valence-electron chi connectivity index (χ1n) is 8.97. The molecule has 1 atom stereocenters. The summed E-state index contributed by atoms with van der Waals surface area (Å²) in [4.78, 5) is 23.2. The fourth-order valence-corrected chi connectivity index (χ4v) is 3.29. The molecule has 1 unspecified atom stereocenters. The van der Waals surface area contributed by atoms with Gasteiger partial charge in [-0.2, -0.15) is 5.10 Å². The lowest BCUT2D eigenvalue weighted by atomic mass is 10.1. The SMILES string of the molecule is CCCC(=O)NC1CCCN(c2cncc(-n3nc(C)cc3C)n2)C1. The molecular formula is C18H26N6O. The number of piperidine rings is 1. The molecule has 1 fully saturated rings. The largest absolute Gasteiger partial charge is 0.353 e. The summed E-state index contributed by atoms with van der Waals surface area (Å²) in [5.41, 5.74) is 1.99. The van der Waals surface area contributed by atoms with Gasteiger partial charge in [0.15, 0.2) is 5.82 Å². The Morgan fingerprint density at radius 1 is 1.32 bits per heavy atom. The van der Waals surface area contributed by atoms with Crippen LogP contribution in [0.25, 0.3) is 5.82 Å². The average Bonchev–Trinajstić information content (AvgIpc) is 2.94. The van der Waals surface area contributed by atoms with Gasteiger partial charge in [0.05, 0.1) is 18.1 Å². The molecule has 2 aromatic heterocycles. The van der Waals surface area contributed by atoms with Crippen molar-refractivity contribution in [2.45, 2.75) is 52.5 Å². The fraction of sp³-hybridized carbons (Fsp3) is 0.556. The molecule has 0 radical (unpaired) electrons. The van der Waals surface area contributed by atoms with E-state index in [0.717, 1.165) is 55.4 Å². The molecule has 1 saturated heterocycles. The number of rotatable bonds is 5. The average molecular weight is 342 g/mol. The van der Waals surface area contributed by atoms with Crippen LogP contribution in [-0.2, 0) is 4.79 Å². The Bertz CT molecular complexity index is 741. The molecule has 1 amide bonds. The van der Waals surface area contributed by atoms with Crippen molar-refractivity contribution >= 4 is 11.7 Å². The summed E-state index contributed by atoms with van der Waals surface area (Å²) in [6.45, 7) is 7.69. The number of hydrogen-bond donors (Lipinski definition) is 1. The van der Waals surface area contributed by atoms with Crippen molar-refractivity contribution in [3.05, 3.63) is 29.8 Å². The van der Waals surface area contributed by atoms with E-state index in [1.807, 2.05) is 31.5 Å². The number of hydrogen-bond acceptors (Lipinski definition) is 5. The number of carbonyl (C=O) groups is 1. The minimum atomic E-state index is 0.136. The molecule has 134 valence electrons. The second-order valence-electron chi connectivity index (χ2n) is 6.68. The van der Waals surface area contributed by atoms with E-state index >= 15 is 0 Å². The molecule has 25 heavy (non-hydrogen) atoms. The smallest absolute Gasteiger partial charge is 0.220 e. The van der Waals surface area contributed by atoms with Gasteiger partial charge in [0, 0.05) is 31.2 Å². The Morgan fingerprint density at radius 2 is 2.12 bits per heavy atom. The highest BCUT2D eigenvalue weighted by molar-refractivity contribution is 5.76. The Hall–Kier alpha value is -2.44. The Balaban J connectivity index is 1.74. The van der Waals surface area contributed by atoms with Crippen LogP contribution in [0.5, 0.6) is 0 Å². The van der Waals surface area contributed by atoms with Gasteiger partial charge >= 0.3 is 0 Å². The molecule has 3 rings (SSSR count). The molecule has 0 aliphatic carbocycles. The number of carbonyl (C=O) groups excluding carboxylic acids is 1. The Kier molecular flexibility index (Phi) is 5.31. The third-order valence-electron chi connectivity index (χ3n) is 4.42. The van der Waals surface area contributed by atoms with Gasteiger partial charge in [0.1, 0.15) is 5.82 Å². The topological polar surface area (TPSA) is 75.9 Å². The van der Waals surface area contributed by atoms with Crippen LogP contribution in [0.3, 0.4) is 0 Å². The van der Waals surface area contributed by atoms with Crippen molar-refractivity contribution in [2.75, 3.05) is 18.0 Å². The maximum Gasteiger partial charge on any atom is 0.220 e. The number of aromatic nitrogens is 4. The summed E-state index contributed by atoms with van der Waals surface area (Å²) < 4.78 is 1.82. The molecule has 1 aliphatic rings. The first-order valence-corrected chi connectivity index (χ1v) is 8.97. The normalized spacial score (nSPS) is 17.6. The van der Waals surface area contributed by atoms with Crippen molar-refractivity contribution in [2.24, 2.45) is 0 Å². The van der Waals surface area contributed by atoms with Crippen LogP contribution in [0.2, 0.25) is 0 Å². The van der Waals surface area contributed by atoms with Gasteiger partial charge in [-0.15, -0.1) is 0 Å². The third-order valence-corrected chi connectivity index (χ3v) is 4.42. The quantitative estimate of drug-likeness (QED) is 0.901. The van der Waals surface area contributed by atoms with Gasteiger partial charge in [0.2, 0.25) is 5.91 Å². The summed E-state index contributed by atoms with van der Waals surface area (Å²) >= 11 is 0. The van der Waals surface area contributed by atoms with Crippen LogP contribution in [0, 0.1) is 13.8 Å². The molecule has 7 nitrogen and oxygen atoms in total. The second kappa shape index (κ2) is 7.63. The highest BCUT2D eigenvalue weighted by atomic mass is 16.1. The molecule has 3 heterocycles. The molecule has 2 aromatic rings. The van der Waals surface area contributed by atoms with Gasteiger partial charge in [-0.25, -0.2) is 9.67 Å². The number of nitrogens with zero attached hydrogens (tertiary/aromatic N) is 5. The summed E-state index contributed by atoms with van der Waals surface area (Å²) in [6.07, 6.45) is 7.01. The molecule has 0 saturated carbocycles. The number of anilines is 1. The van der Waals surface area contributed by atoms with Crippen LogP contribution in [0.4, 0.5) is 5.82 Å². The monoisotopic (exact) mass is 342 g/mol. The Labute approximate surface area is 148 Å². The first kappa shape index (κ1) is 17.4.